The zero-order valence-corrected chi connectivity index (χ0v) is 11.0. The normalized spacial score (nSPS) is 10.5. The molecule has 0 aliphatic heterocycles. The smallest absolute Gasteiger partial charge is 0.130 e. The van der Waals surface area contributed by atoms with E-state index in [0.717, 1.165) is 17.7 Å². The third-order valence-electron chi connectivity index (χ3n) is 2.91. The van der Waals surface area contributed by atoms with Crippen molar-refractivity contribution in [3.05, 3.63) is 59.4 Å². The standard InChI is InChI=1S/C16H18FNO/c1-2-12-4-3-5-15(9-12)19-16-10-13(6-7-18)8-14(17)11-16/h3-5,8-11H,2,6-7,18H2,1H3. The monoisotopic (exact) mass is 259 g/mol. The summed E-state index contributed by atoms with van der Waals surface area (Å²) in [6, 6.07) is 12.5. The minimum absolute atomic E-state index is 0.299. The van der Waals surface area contributed by atoms with Crippen LogP contribution in [0.5, 0.6) is 11.5 Å². The maximum absolute atomic E-state index is 13.5. The molecule has 3 heteroatoms. The molecule has 2 N–H and O–H groups in total. The van der Waals surface area contributed by atoms with Crippen molar-refractivity contribution in [2.75, 3.05) is 6.54 Å². The predicted molar refractivity (Wildman–Crippen MR) is 75.1 cm³/mol. The van der Waals surface area contributed by atoms with Crippen LogP contribution in [-0.4, -0.2) is 6.54 Å². The Labute approximate surface area is 113 Å². The molecule has 0 heterocycles. The molecular formula is C16H18FNO. The third-order valence-corrected chi connectivity index (χ3v) is 2.91. The molecular weight excluding hydrogens is 241 g/mol. The van der Waals surface area contributed by atoms with E-state index in [4.69, 9.17) is 10.5 Å². The van der Waals surface area contributed by atoms with Gasteiger partial charge in [0.2, 0.25) is 0 Å². The Morgan fingerprint density at radius 2 is 1.84 bits per heavy atom. The first-order valence-corrected chi connectivity index (χ1v) is 6.47. The summed E-state index contributed by atoms with van der Waals surface area (Å²) in [5, 5.41) is 0. The van der Waals surface area contributed by atoms with Crippen molar-refractivity contribution in [2.24, 2.45) is 5.73 Å². The Balaban J connectivity index is 2.22. The summed E-state index contributed by atoms with van der Waals surface area (Å²) in [7, 11) is 0. The van der Waals surface area contributed by atoms with Crippen LogP contribution < -0.4 is 10.5 Å². The summed E-state index contributed by atoms with van der Waals surface area (Å²) in [6.07, 6.45) is 1.59. The largest absolute Gasteiger partial charge is 0.457 e. The van der Waals surface area contributed by atoms with E-state index in [2.05, 4.69) is 6.92 Å². The fraction of sp³-hybridized carbons (Fsp3) is 0.250. The second-order valence-electron chi connectivity index (χ2n) is 4.44. The quantitative estimate of drug-likeness (QED) is 0.889. The van der Waals surface area contributed by atoms with Crippen LogP contribution in [0, 0.1) is 5.82 Å². The van der Waals surface area contributed by atoms with E-state index >= 15 is 0 Å². The first-order chi connectivity index (χ1) is 9.21. The highest BCUT2D eigenvalue weighted by Crippen LogP contribution is 2.24. The summed E-state index contributed by atoms with van der Waals surface area (Å²) in [5.41, 5.74) is 7.53. The van der Waals surface area contributed by atoms with E-state index in [-0.39, 0.29) is 5.82 Å². The zero-order chi connectivity index (χ0) is 13.7. The lowest BCUT2D eigenvalue weighted by Crippen LogP contribution is -2.03. The molecule has 0 aliphatic carbocycles. The molecule has 2 aromatic carbocycles. The van der Waals surface area contributed by atoms with Gasteiger partial charge in [-0.2, -0.15) is 0 Å². The van der Waals surface area contributed by atoms with Gasteiger partial charge in [-0.05, 0) is 54.8 Å². The first kappa shape index (κ1) is 13.6. The van der Waals surface area contributed by atoms with Crippen LogP contribution in [0.15, 0.2) is 42.5 Å². The third kappa shape index (κ3) is 3.80. The van der Waals surface area contributed by atoms with Crippen LogP contribution in [0.25, 0.3) is 0 Å². The molecule has 0 saturated carbocycles. The summed E-state index contributed by atoms with van der Waals surface area (Å²) in [4.78, 5) is 0. The van der Waals surface area contributed by atoms with Crippen molar-refractivity contribution in [1.82, 2.24) is 0 Å². The molecule has 0 radical (unpaired) electrons. The number of rotatable bonds is 5. The van der Waals surface area contributed by atoms with E-state index < -0.39 is 0 Å². The van der Waals surface area contributed by atoms with Gasteiger partial charge in [0.25, 0.3) is 0 Å². The summed E-state index contributed by atoms with van der Waals surface area (Å²) < 4.78 is 19.2. The molecule has 0 amide bonds. The second-order valence-corrected chi connectivity index (χ2v) is 4.44. The van der Waals surface area contributed by atoms with E-state index in [0.29, 0.717) is 18.7 Å². The molecule has 0 fully saturated rings. The topological polar surface area (TPSA) is 35.2 Å². The Morgan fingerprint density at radius 3 is 2.58 bits per heavy atom. The fourth-order valence-corrected chi connectivity index (χ4v) is 1.96. The number of benzene rings is 2. The highest BCUT2D eigenvalue weighted by molar-refractivity contribution is 5.36. The molecule has 0 bridgehead atoms. The molecule has 0 atom stereocenters. The average Bonchev–Trinajstić information content (AvgIpc) is 2.38. The van der Waals surface area contributed by atoms with Gasteiger partial charge in [-0.15, -0.1) is 0 Å². The van der Waals surface area contributed by atoms with E-state index in [1.54, 1.807) is 0 Å². The first-order valence-electron chi connectivity index (χ1n) is 6.47. The molecule has 0 spiro atoms. The number of nitrogens with two attached hydrogens (primary N) is 1. The lowest BCUT2D eigenvalue weighted by molar-refractivity contribution is 0.475. The molecule has 19 heavy (non-hydrogen) atoms. The van der Waals surface area contributed by atoms with Crippen LogP contribution in [-0.2, 0) is 12.8 Å². The average molecular weight is 259 g/mol. The predicted octanol–water partition coefficient (Wildman–Crippen LogP) is 3.68. The lowest BCUT2D eigenvalue weighted by atomic mass is 10.1. The highest BCUT2D eigenvalue weighted by Gasteiger charge is 2.03. The molecule has 2 rings (SSSR count). The van der Waals surface area contributed by atoms with Crippen molar-refractivity contribution in [2.45, 2.75) is 19.8 Å². The second kappa shape index (κ2) is 6.34. The van der Waals surface area contributed by atoms with Gasteiger partial charge in [0, 0.05) is 6.07 Å². The van der Waals surface area contributed by atoms with E-state index in [9.17, 15) is 4.39 Å². The zero-order valence-electron chi connectivity index (χ0n) is 11.0. The molecule has 0 aliphatic rings. The van der Waals surface area contributed by atoms with Crippen LogP contribution in [0.3, 0.4) is 0 Å². The molecule has 0 aromatic heterocycles. The van der Waals surface area contributed by atoms with Gasteiger partial charge >= 0.3 is 0 Å². The van der Waals surface area contributed by atoms with Gasteiger partial charge in [0.1, 0.15) is 17.3 Å². The number of hydrogen-bond donors (Lipinski definition) is 1. The Morgan fingerprint density at radius 1 is 1.05 bits per heavy atom. The van der Waals surface area contributed by atoms with Gasteiger partial charge < -0.3 is 10.5 Å². The summed E-state index contributed by atoms with van der Waals surface area (Å²) in [5.74, 6) is 0.938. The van der Waals surface area contributed by atoms with Crippen molar-refractivity contribution in [1.29, 1.82) is 0 Å². The van der Waals surface area contributed by atoms with Crippen LogP contribution in [0.1, 0.15) is 18.1 Å². The number of aryl methyl sites for hydroxylation is 1. The summed E-state index contributed by atoms with van der Waals surface area (Å²) >= 11 is 0. The Hall–Kier alpha value is -1.87. The van der Waals surface area contributed by atoms with Crippen molar-refractivity contribution >= 4 is 0 Å². The van der Waals surface area contributed by atoms with Crippen LogP contribution in [0.2, 0.25) is 0 Å². The maximum Gasteiger partial charge on any atom is 0.130 e. The lowest BCUT2D eigenvalue weighted by Gasteiger charge is -2.09. The fourth-order valence-electron chi connectivity index (χ4n) is 1.96. The van der Waals surface area contributed by atoms with Crippen molar-refractivity contribution in [3.8, 4) is 11.5 Å². The number of ether oxygens (including phenoxy) is 1. The number of halogens is 1. The Bertz CT molecular complexity index is 554. The van der Waals surface area contributed by atoms with Crippen molar-refractivity contribution in [3.63, 3.8) is 0 Å². The van der Waals surface area contributed by atoms with Gasteiger partial charge in [0.15, 0.2) is 0 Å². The van der Waals surface area contributed by atoms with Crippen molar-refractivity contribution < 1.29 is 9.13 Å². The van der Waals surface area contributed by atoms with Gasteiger partial charge in [0.05, 0.1) is 0 Å². The van der Waals surface area contributed by atoms with E-state index in [1.807, 2.05) is 30.3 Å². The molecule has 100 valence electrons. The minimum atomic E-state index is -0.299. The molecule has 0 unspecified atom stereocenters. The summed E-state index contributed by atoms with van der Waals surface area (Å²) in [6.45, 7) is 2.58. The van der Waals surface area contributed by atoms with Gasteiger partial charge in [-0.1, -0.05) is 19.1 Å². The van der Waals surface area contributed by atoms with E-state index in [1.165, 1.54) is 17.7 Å². The van der Waals surface area contributed by atoms with Crippen LogP contribution >= 0.6 is 0 Å². The SMILES string of the molecule is CCc1cccc(Oc2cc(F)cc(CCN)c2)c1. The van der Waals surface area contributed by atoms with Gasteiger partial charge in [-0.25, -0.2) is 4.39 Å². The molecule has 2 aromatic rings. The van der Waals surface area contributed by atoms with Crippen LogP contribution in [0.4, 0.5) is 4.39 Å². The Kier molecular flexibility index (Phi) is 4.53. The van der Waals surface area contributed by atoms with Gasteiger partial charge in [-0.3, -0.25) is 0 Å². The number of hydrogen-bond acceptors (Lipinski definition) is 2. The highest BCUT2D eigenvalue weighted by atomic mass is 19.1. The minimum Gasteiger partial charge on any atom is -0.457 e. The maximum atomic E-state index is 13.5. The molecule has 2 nitrogen and oxygen atoms in total. The molecule has 0 saturated heterocycles.